The molecule has 1 aromatic heterocycles. The standard InChI is InChI=1S/C13H17N3O4/c17-12(18)8-15-4-5-16(9-13(19)20)7-11-3-1-2-10(6-15)14-11/h1-3H,4-9H2,(H,17,18)(H,19,20). The first-order valence-corrected chi connectivity index (χ1v) is 6.36. The molecule has 1 aliphatic rings. The van der Waals surface area contributed by atoms with Crippen LogP contribution in [0.15, 0.2) is 18.2 Å². The third-order valence-electron chi connectivity index (χ3n) is 3.09. The van der Waals surface area contributed by atoms with E-state index in [4.69, 9.17) is 10.2 Å². The minimum absolute atomic E-state index is 0.0766. The van der Waals surface area contributed by atoms with Crippen LogP contribution in [0.3, 0.4) is 0 Å². The first kappa shape index (κ1) is 14.4. The lowest BCUT2D eigenvalue weighted by Gasteiger charge is -2.23. The van der Waals surface area contributed by atoms with Gasteiger partial charge in [0.05, 0.1) is 24.5 Å². The molecule has 0 radical (unpaired) electrons. The van der Waals surface area contributed by atoms with E-state index in [1.807, 2.05) is 18.2 Å². The molecule has 2 heterocycles. The maximum atomic E-state index is 10.9. The monoisotopic (exact) mass is 279 g/mol. The minimum Gasteiger partial charge on any atom is -0.480 e. The Labute approximate surface area is 116 Å². The van der Waals surface area contributed by atoms with Gasteiger partial charge < -0.3 is 10.2 Å². The summed E-state index contributed by atoms with van der Waals surface area (Å²) in [6.07, 6.45) is 0. The highest BCUT2D eigenvalue weighted by Gasteiger charge is 2.18. The zero-order valence-corrected chi connectivity index (χ0v) is 11.0. The van der Waals surface area contributed by atoms with Crippen molar-refractivity contribution in [3.05, 3.63) is 29.6 Å². The average Bonchev–Trinajstić information content (AvgIpc) is 2.38. The van der Waals surface area contributed by atoms with Gasteiger partial charge in [0.1, 0.15) is 0 Å². The molecule has 0 saturated heterocycles. The van der Waals surface area contributed by atoms with Gasteiger partial charge in [0, 0.05) is 26.2 Å². The van der Waals surface area contributed by atoms with Crippen molar-refractivity contribution >= 4 is 11.9 Å². The summed E-state index contributed by atoms with van der Waals surface area (Å²) < 4.78 is 0. The van der Waals surface area contributed by atoms with Gasteiger partial charge in [-0.3, -0.25) is 24.4 Å². The zero-order chi connectivity index (χ0) is 14.5. The van der Waals surface area contributed by atoms with Crippen LogP contribution < -0.4 is 0 Å². The topological polar surface area (TPSA) is 94.0 Å². The number of pyridine rings is 1. The summed E-state index contributed by atoms with van der Waals surface area (Å²) in [7, 11) is 0. The lowest BCUT2D eigenvalue weighted by atomic mass is 10.3. The second-order valence-corrected chi connectivity index (χ2v) is 4.83. The van der Waals surface area contributed by atoms with Crippen molar-refractivity contribution < 1.29 is 19.8 Å². The Balaban J connectivity index is 2.17. The maximum Gasteiger partial charge on any atom is 0.317 e. The molecule has 0 aromatic carbocycles. The predicted molar refractivity (Wildman–Crippen MR) is 70.1 cm³/mol. The van der Waals surface area contributed by atoms with Gasteiger partial charge in [-0.1, -0.05) is 6.07 Å². The molecule has 0 saturated carbocycles. The van der Waals surface area contributed by atoms with Crippen molar-refractivity contribution in [2.24, 2.45) is 0 Å². The number of hydrogen-bond donors (Lipinski definition) is 2. The number of hydrogen-bond acceptors (Lipinski definition) is 5. The number of carbonyl (C=O) groups is 2. The summed E-state index contributed by atoms with van der Waals surface area (Å²) in [6.45, 7) is 1.77. The van der Waals surface area contributed by atoms with Gasteiger partial charge in [0.25, 0.3) is 0 Å². The minimum atomic E-state index is -0.898. The molecule has 2 rings (SSSR count). The van der Waals surface area contributed by atoms with Crippen LogP contribution in [0.25, 0.3) is 0 Å². The summed E-state index contributed by atoms with van der Waals surface area (Å²) in [6, 6.07) is 5.57. The molecule has 0 spiro atoms. The Kier molecular flexibility index (Phi) is 4.65. The van der Waals surface area contributed by atoms with Crippen LogP contribution >= 0.6 is 0 Å². The fourth-order valence-corrected chi connectivity index (χ4v) is 2.26. The third-order valence-corrected chi connectivity index (χ3v) is 3.09. The van der Waals surface area contributed by atoms with Gasteiger partial charge in [0.15, 0.2) is 0 Å². The molecule has 7 heteroatoms. The first-order chi connectivity index (χ1) is 9.52. The molecule has 1 aliphatic heterocycles. The molecule has 0 fully saturated rings. The van der Waals surface area contributed by atoms with Gasteiger partial charge in [-0.2, -0.15) is 0 Å². The summed E-state index contributed by atoms with van der Waals surface area (Å²) >= 11 is 0. The van der Waals surface area contributed by atoms with Gasteiger partial charge in [0.2, 0.25) is 0 Å². The molecule has 108 valence electrons. The zero-order valence-electron chi connectivity index (χ0n) is 11.0. The fraction of sp³-hybridized carbons (Fsp3) is 0.462. The number of rotatable bonds is 4. The van der Waals surface area contributed by atoms with E-state index < -0.39 is 11.9 Å². The smallest absolute Gasteiger partial charge is 0.317 e. The number of fused-ring (bicyclic) bond motifs is 2. The highest BCUT2D eigenvalue weighted by Crippen LogP contribution is 2.10. The van der Waals surface area contributed by atoms with Crippen molar-refractivity contribution in [1.29, 1.82) is 0 Å². The van der Waals surface area contributed by atoms with Crippen LogP contribution in [0.1, 0.15) is 11.4 Å². The molecule has 0 atom stereocenters. The van der Waals surface area contributed by atoms with Crippen LogP contribution in [0.2, 0.25) is 0 Å². The summed E-state index contributed by atoms with van der Waals surface area (Å²) in [4.78, 5) is 29.7. The molecule has 0 aliphatic carbocycles. The molecule has 2 N–H and O–H groups in total. The van der Waals surface area contributed by atoms with Crippen LogP contribution in [-0.4, -0.2) is 63.1 Å². The van der Waals surface area contributed by atoms with Crippen molar-refractivity contribution in [1.82, 2.24) is 14.8 Å². The van der Waals surface area contributed by atoms with E-state index in [2.05, 4.69) is 4.98 Å². The van der Waals surface area contributed by atoms with Gasteiger partial charge in [-0.25, -0.2) is 0 Å². The van der Waals surface area contributed by atoms with Crippen molar-refractivity contribution in [3.63, 3.8) is 0 Å². The molecule has 20 heavy (non-hydrogen) atoms. The van der Waals surface area contributed by atoms with E-state index in [1.54, 1.807) is 9.80 Å². The van der Waals surface area contributed by atoms with E-state index in [0.29, 0.717) is 26.2 Å². The van der Waals surface area contributed by atoms with E-state index in [9.17, 15) is 9.59 Å². The summed E-state index contributed by atoms with van der Waals surface area (Å²) in [5.74, 6) is -1.80. The SMILES string of the molecule is O=C(O)CN1CCN(CC(=O)O)Cc2cccc(n2)C1. The lowest BCUT2D eigenvalue weighted by Crippen LogP contribution is -2.38. The van der Waals surface area contributed by atoms with Crippen molar-refractivity contribution in [2.45, 2.75) is 13.1 Å². The molecule has 0 amide bonds. The number of nitrogens with zero attached hydrogens (tertiary/aromatic N) is 3. The predicted octanol–water partition coefficient (Wildman–Crippen LogP) is -0.132. The van der Waals surface area contributed by atoms with Gasteiger partial charge >= 0.3 is 11.9 Å². The number of carboxylic acids is 2. The normalized spacial score (nSPS) is 17.0. The fourth-order valence-electron chi connectivity index (χ4n) is 2.26. The second kappa shape index (κ2) is 6.44. The van der Waals surface area contributed by atoms with Crippen molar-refractivity contribution in [3.8, 4) is 0 Å². The lowest BCUT2D eigenvalue weighted by molar-refractivity contribution is -0.140. The molecule has 1 aromatic rings. The Bertz CT molecular complexity index is 465. The quantitative estimate of drug-likeness (QED) is 0.792. The van der Waals surface area contributed by atoms with Crippen LogP contribution in [0, 0.1) is 0 Å². The van der Waals surface area contributed by atoms with Gasteiger partial charge in [-0.15, -0.1) is 0 Å². The first-order valence-electron chi connectivity index (χ1n) is 6.36. The Morgan fingerprint density at radius 3 is 1.85 bits per heavy atom. The highest BCUT2D eigenvalue weighted by molar-refractivity contribution is 5.69. The van der Waals surface area contributed by atoms with Crippen LogP contribution in [-0.2, 0) is 22.7 Å². The second-order valence-electron chi connectivity index (χ2n) is 4.83. The van der Waals surface area contributed by atoms with E-state index >= 15 is 0 Å². The average molecular weight is 279 g/mol. The molecular weight excluding hydrogens is 262 g/mol. The van der Waals surface area contributed by atoms with E-state index in [1.165, 1.54) is 0 Å². The van der Waals surface area contributed by atoms with E-state index in [-0.39, 0.29) is 13.1 Å². The molecule has 2 bridgehead atoms. The maximum absolute atomic E-state index is 10.9. The molecule has 0 unspecified atom stereocenters. The number of aliphatic carboxylic acids is 2. The summed E-state index contributed by atoms with van der Waals surface area (Å²) in [5.41, 5.74) is 1.61. The van der Waals surface area contributed by atoms with Crippen molar-refractivity contribution in [2.75, 3.05) is 26.2 Å². The Morgan fingerprint density at radius 1 is 1.00 bits per heavy atom. The van der Waals surface area contributed by atoms with Crippen LogP contribution in [0.5, 0.6) is 0 Å². The van der Waals surface area contributed by atoms with Gasteiger partial charge in [-0.05, 0) is 12.1 Å². The largest absolute Gasteiger partial charge is 0.480 e. The van der Waals surface area contributed by atoms with E-state index in [0.717, 1.165) is 11.4 Å². The Morgan fingerprint density at radius 2 is 1.45 bits per heavy atom. The van der Waals surface area contributed by atoms with Crippen LogP contribution in [0.4, 0.5) is 0 Å². The molecule has 7 nitrogen and oxygen atoms in total. The molecular formula is C13H17N3O4. The number of carboxylic acid groups (broad SMARTS) is 2. The Hall–Kier alpha value is -1.99. The highest BCUT2D eigenvalue weighted by atomic mass is 16.4. The number of aromatic nitrogens is 1. The third kappa shape index (κ3) is 4.29. The summed E-state index contributed by atoms with van der Waals surface area (Å²) in [5, 5.41) is 17.8.